The zero-order valence-electron chi connectivity index (χ0n) is 10.8. The van der Waals surface area contributed by atoms with Gasteiger partial charge in [0.2, 0.25) is 5.91 Å². The van der Waals surface area contributed by atoms with Crippen molar-refractivity contribution in [2.45, 2.75) is 6.42 Å². The Hall–Kier alpha value is -1.85. The summed E-state index contributed by atoms with van der Waals surface area (Å²) in [6.07, 6.45) is 0.125. The molecule has 0 radical (unpaired) electrons. The normalized spacial score (nSPS) is 10.8. The van der Waals surface area contributed by atoms with Gasteiger partial charge in [0.05, 0.1) is 17.1 Å². The summed E-state index contributed by atoms with van der Waals surface area (Å²) in [5.41, 5.74) is 1.83. The number of hydrogen-bond donors (Lipinski definition) is 1. The molecule has 0 spiro atoms. The molecular formula is C15H10BrClN2O2. The van der Waals surface area contributed by atoms with E-state index in [-0.39, 0.29) is 12.3 Å². The van der Waals surface area contributed by atoms with Crippen molar-refractivity contribution >= 4 is 50.1 Å². The Morgan fingerprint density at radius 1 is 1.29 bits per heavy atom. The van der Waals surface area contributed by atoms with Crippen LogP contribution in [0.3, 0.4) is 0 Å². The van der Waals surface area contributed by atoms with E-state index in [1.807, 2.05) is 30.3 Å². The Labute approximate surface area is 134 Å². The van der Waals surface area contributed by atoms with E-state index >= 15 is 0 Å². The molecule has 3 aromatic rings. The van der Waals surface area contributed by atoms with Gasteiger partial charge in [-0.3, -0.25) is 4.79 Å². The van der Waals surface area contributed by atoms with Crippen molar-refractivity contribution < 1.29 is 9.32 Å². The summed E-state index contributed by atoms with van der Waals surface area (Å²) in [4.78, 5) is 12.1. The minimum atomic E-state index is -0.200. The fraction of sp³-hybridized carbons (Fsp3) is 0.0667. The standard InChI is InChI=1S/C15H10BrClN2O2/c16-9-5-6-11(17)13(7-9)18-15(20)8-12-10-3-1-2-4-14(10)21-19-12/h1-7H,8H2,(H,18,20). The van der Waals surface area contributed by atoms with E-state index in [1.54, 1.807) is 12.1 Å². The van der Waals surface area contributed by atoms with Crippen molar-refractivity contribution in [1.29, 1.82) is 0 Å². The monoisotopic (exact) mass is 364 g/mol. The molecule has 1 amide bonds. The number of halogens is 2. The number of anilines is 1. The molecule has 0 unspecified atom stereocenters. The molecular weight excluding hydrogens is 356 g/mol. The van der Waals surface area contributed by atoms with Gasteiger partial charge in [-0.15, -0.1) is 0 Å². The average Bonchev–Trinajstić information content (AvgIpc) is 2.86. The van der Waals surface area contributed by atoms with Crippen molar-refractivity contribution in [1.82, 2.24) is 5.16 Å². The molecule has 2 aromatic carbocycles. The number of nitrogens with one attached hydrogen (secondary N) is 1. The number of fused-ring (bicyclic) bond motifs is 1. The number of rotatable bonds is 3. The van der Waals surface area contributed by atoms with Gasteiger partial charge in [-0.25, -0.2) is 0 Å². The molecule has 0 aliphatic heterocycles. The van der Waals surface area contributed by atoms with Gasteiger partial charge in [0.1, 0.15) is 5.69 Å². The first kappa shape index (κ1) is 14.1. The van der Waals surface area contributed by atoms with E-state index in [4.69, 9.17) is 16.1 Å². The van der Waals surface area contributed by atoms with Crippen LogP contribution in [0.5, 0.6) is 0 Å². The molecule has 0 aliphatic rings. The number of para-hydroxylation sites is 1. The number of aromatic nitrogens is 1. The number of hydrogen-bond acceptors (Lipinski definition) is 3. The summed E-state index contributed by atoms with van der Waals surface area (Å²) in [6, 6.07) is 12.7. The highest BCUT2D eigenvalue weighted by Gasteiger charge is 2.13. The lowest BCUT2D eigenvalue weighted by Crippen LogP contribution is -2.15. The van der Waals surface area contributed by atoms with E-state index in [9.17, 15) is 4.79 Å². The first-order valence-corrected chi connectivity index (χ1v) is 7.39. The van der Waals surface area contributed by atoms with Gasteiger partial charge in [0.15, 0.2) is 5.58 Å². The molecule has 3 rings (SSSR count). The van der Waals surface area contributed by atoms with Gasteiger partial charge in [-0.1, -0.05) is 44.8 Å². The number of amides is 1. The molecule has 1 N–H and O–H groups in total. The van der Waals surface area contributed by atoms with E-state index in [0.717, 1.165) is 9.86 Å². The van der Waals surface area contributed by atoms with Crippen molar-refractivity contribution in [3.63, 3.8) is 0 Å². The largest absolute Gasteiger partial charge is 0.356 e. The maximum Gasteiger partial charge on any atom is 0.230 e. The topological polar surface area (TPSA) is 55.1 Å². The Kier molecular flexibility index (Phi) is 3.94. The van der Waals surface area contributed by atoms with Crippen LogP contribution >= 0.6 is 27.5 Å². The Morgan fingerprint density at radius 2 is 2.10 bits per heavy atom. The second kappa shape index (κ2) is 5.87. The molecule has 21 heavy (non-hydrogen) atoms. The van der Waals surface area contributed by atoms with E-state index in [0.29, 0.717) is 22.0 Å². The number of carbonyl (C=O) groups is 1. The molecule has 6 heteroatoms. The van der Waals surface area contributed by atoms with Gasteiger partial charge in [-0.05, 0) is 30.3 Å². The summed E-state index contributed by atoms with van der Waals surface area (Å²) < 4.78 is 6.02. The molecule has 1 heterocycles. The smallest absolute Gasteiger partial charge is 0.230 e. The second-order valence-corrected chi connectivity index (χ2v) is 5.80. The summed E-state index contributed by atoms with van der Waals surface area (Å²) in [5.74, 6) is -0.200. The lowest BCUT2D eigenvalue weighted by atomic mass is 10.1. The molecule has 0 aliphatic carbocycles. The highest BCUT2D eigenvalue weighted by molar-refractivity contribution is 9.10. The van der Waals surface area contributed by atoms with Crippen LogP contribution in [0.2, 0.25) is 5.02 Å². The minimum Gasteiger partial charge on any atom is -0.356 e. The van der Waals surface area contributed by atoms with Gasteiger partial charge in [-0.2, -0.15) is 0 Å². The third-order valence-electron chi connectivity index (χ3n) is 2.98. The van der Waals surface area contributed by atoms with Crippen molar-refractivity contribution in [3.8, 4) is 0 Å². The van der Waals surface area contributed by atoms with Crippen LogP contribution in [-0.2, 0) is 11.2 Å². The fourth-order valence-electron chi connectivity index (χ4n) is 2.01. The van der Waals surface area contributed by atoms with Crippen LogP contribution in [0.4, 0.5) is 5.69 Å². The minimum absolute atomic E-state index is 0.125. The summed E-state index contributed by atoms with van der Waals surface area (Å²) in [6.45, 7) is 0. The van der Waals surface area contributed by atoms with E-state index in [1.165, 1.54) is 0 Å². The van der Waals surface area contributed by atoms with Crippen LogP contribution in [0.1, 0.15) is 5.69 Å². The van der Waals surface area contributed by atoms with Crippen LogP contribution in [0, 0.1) is 0 Å². The lowest BCUT2D eigenvalue weighted by molar-refractivity contribution is -0.115. The molecule has 0 saturated carbocycles. The molecule has 0 bridgehead atoms. The fourth-order valence-corrected chi connectivity index (χ4v) is 2.53. The first-order valence-electron chi connectivity index (χ1n) is 6.21. The zero-order valence-corrected chi connectivity index (χ0v) is 13.1. The third-order valence-corrected chi connectivity index (χ3v) is 3.81. The Balaban J connectivity index is 1.79. The van der Waals surface area contributed by atoms with E-state index in [2.05, 4.69) is 26.4 Å². The molecule has 0 saturated heterocycles. The average molecular weight is 366 g/mol. The van der Waals surface area contributed by atoms with Crippen LogP contribution < -0.4 is 5.32 Å². The predicted octanol–water partition coefficient (Wildman–Crippen LogP) is 4.42. The third kappa shape index (κ3) is 3.09. The number of benzene rings is 2. The van der Waals surface area contributed by atoms with Crippen LogP contribution in [-0.4, -0.2) is 11.1 Å². The summed E-state index contributed by atoms with van der Waals surface area (Å²) >= 11 is 9.39. The van der Waals surface area contributed by atoms with Gasteiger partial charge >= 0.3 is 0 Å². The van der Waals surface area contributed by atoms with Crippen molar-refractivity contribution in [2.24, 2.45) is 0 Å². The second-order valence-electron chi connectivity index (χ2n) is 4.47. The van der Waals surface area contributed by atoms with Gasteiger partial charge in [0, 0.05) is 9.86 Å². The first-order chi connectivity index (χ1) is 10.1. The number of nitrogens with zero attached hydrogens (tertiary/aromatic N) is 1. The SMILES string of the molecule is O=C(Cc1noc2ccccc12)Nc1cc(Br)ccc1Cl. The maximum atomic E-state index is 12.1. The molecule has 0 fully saturated rings. The number of carbonyl (C=O) groups excluding carboxylic acids is 1. The zero-order chi connectivity index (χ0) is 14.8. The molecule has 0 atom stereocenters. The maximum absolute atomic E-state index is 12.1. The van der Waals surface area contributed by atoms with Crippen LogP contribution in [0.25, 0.3) is 11.0 Å². The quantitative estimate of drug-likeness (QED) is 0.747. The van der Waals surface area contributed by atoms with Crippen molar-refractivity contribution in [2.75, 3.05) is 5.32 Å². The summed E-state index contributed by atoms with van der Waals surface area (Å²) in [7, 11) is 0. The Bertz CT molecular complexity index is 816. The lowest BCUT2D eigenvalue weighted by Gasteiger charge is -2.06. The van der Waals surface area contributed by atoms with Crippen molar-refractivity contribution in [3.05, 3.63) is 57.7 Å². The highest BCUT2D eigenvalue weighted by atomic mass is 79.9. The molecule has 4 nitrogen and oxygen atoms in total. The van der Waals surface area contributed by atoms with Gasteiger partial charge < -0.3 is 9.84 Å². The summed E-state index contributed by atoms with van der Waals surface area (Å²) in [5, 5.41) is 8.03. The molecule has 1 aromatic heterocycles. The van der Waals surface area contributed by atoms with E-state index < -0.39 is 0 Å². The Morgan fingerprint density at radius 3 is 2.95 bits per heavy atom. The highest BCUT2D eigenvalue weighted by Crippen LogP contribution is 2.26. The van der Waals surface area contributed by atoms with Gasteiger partial charge in [0.25, 0.3) is 0 Å². The molecule has 106 valence electrons. The van der Waals surface area contributed by atoms with Crippen LogP contribution in [0.15, 0.2) is 51.5 Å². The predicted molar refractivity (Wildman–Crippen MR) is 85.5 cm³/mol.